The lowest BCUT2D eigenvalue weighted by Crippen LogP contribution is -2.40. The Kier molecular flexibility index (Phi) is 7.19. The Morgan fingerprint density at radius 2 is 1.15 bits per heavy atom. The molecule has 0 fully saturated rings. The van der Waals surface area contributed by atoms with Gasteiger partial charge >= 0.3 is 0 Å². The zero-order valence-corrected chi connectivity index (χ0v) is 19.1. The topological polar surface area (TPSA) is 20.2 Å². The molecule has 1 aromatic carbocycles. The van der Waals surface area contributed by atoms with E-state index in [1.807, 2.05) is 0 Å². The van der Waals surface area contributed by atoms with Crippen molar-refractivity contribution in [3.8, 4) is 0 Å². The maximum Gasteiger partial charge on any atom is 0.0464 e. The van der Waals surface area contributed by atoms with Crippen molar-refractivity contribution in [1.82, 2.24) is 0 Å². The lowest BCUT2D eigenvalue weighted by molar-refractivity contribution is 0.00783. The second-order valence-corrected chi connectivity index (χ2v) is 11.8. The molecule has 0 spiro atoms. The van der Waals surface area contributed by atoms with Crippen molar-refractivity contribution in [3.05, 3.63) is 35.9 Å². The molecule has 0 bridgehead atoms. The van der Waals surface area contributed by atoms with Crippen LogP contribution in [0.25, 0.3) is 0 Å². The van der Waals surface area contributed by atoms with Crippen molar-refractivity contribution in [3.63, 3.8) is 0 Å². The van der Waals surface area contributed by atoms with Gasteiger partial charge in [-0.25, -0.2) is 0 Å². The fourth-order valence-electron chi connectivity index (χ4n) is 3.93. The maximum absolute atomic E-state index is 9.98. The number of aliphatic hydroxyl groups excluding tert-OH is 1. The van der Waals surface area contributed by atoms with Crippen LogP contribution in [0.2, 0.25) is 0 Å². The van der Waals surface area contributed by atoms with E-state index >= 15 is 0 Å². The summed E-state index contributed by atoms with van der Waals surface area (Å²) in [5.41, 5.74) is 2.10. The summed E-state index contributed by atoms with van der Waals surface area (Å²) in [6.45, 7) is 23.7. The molecule has 1 nitrogen and oxygen atoms in total. The summed E-state index contributed by atoms with van der Waals surface area (Å²) in [7, 11) is 0. The fraction of sp³-hybridized carbons (Fsp3) is 0.760. The monoisotopic (exact) mass is 360 g/mol. The highest BCUT2D eigenvalue weighted by molar-refractivity contribution is 5.22. The van der Waals surface area contributed by atoms with Gasteiger partial charge in [-0.3, -0.25) is 0 Å². The van der Waals surface area contributed by atoms with Gasteiger partial charge in [0, 0.05) is 6.61 Å². The molecule has 26 heavy (non-hydrogen) atoms. The standard InChI is InChI=1S/C25H44O/c1-22(2,3)20(18-26)16-24(7,8)25(9,10)17-21(23(4,5)6)19-14-12-11-13-15-19/h11-15,20-21,26H,16-18H2,1-10H3. The molecule has 0 aliphatic rings. The predicted molar refractivity (Wildman–Crippen MR) is 115 cm³/mol. The van der Waals surface area contributed by atoms with Crippen LogP contribution in [-0.4, -0.2) is 11.7 Å². The third-order valence-electron chi connectivity index (χ3n) is 7.00. The van der Waals surface area contributed by atoms with Crippen molar-refractivity contribution in [2.75, 3.05) is 6.61 Å². The zero-order valence-electron chi connectivity index (χ0n) is 19.1. The van der Waals surface area contributed by atoms with E-state index in [9.17, 15) is 5.11 Å². The molecule has 0 amide bonds. The average molecular weight is 361 g/mol. The molecule has 0 aliphatic heterocycles. The van der Waals surface area contributed by atoms with Gasteiger partial charge in [-0.15, -0.1) is 0 Å². The normalized spacial score (nSPS) is 16.4. The first-order valence-electron chi connectivity index (χ1n) is 10.3. The van der Waals surface area contributed by atoms with Gasteiger partial charge in [0.1, 0.15) is 0 Å². The minimum Gasteiger partial charge on any atom is -0.396 e. The van der Waals surface area contributed by atoms with Crippen LogP contribution in [0.4, 0.5) is 0 Å². The summed E-state index contributed by atoms with van der Waals surface area (Å²) in [4.78, 5) is 0. The van der Waals surface area contributed by atoms with E-state index in [4.69, 9.17) is 0 Å². The minimum absolute atomic E-state index is 0.130. The quantitative estimate of drug-likeness (QED) is 0.540. The molecule has 150 valence electrons. The molecule has 1 rings (SSSR count). The first-order chi connectivity index (χ1) is 11.6. The van der Waals surface area contributed by atoms with E-state index in [-0.39, 0.29) is 28.3 Å². The van der Waals surface area contributed by atoms with Crippen molar-refractivity contribution >= 4 is 0 Å². The fourth-order valence-corrected chi connectivity index (χ4v) is 3.93. The largest absolute Gasteiger partial charge is 0.396 e. The molecule has 0 saturated heterocycles. The Labute approximate surface area is 163 Å². The van der Waals surface area contributed by atoms with Gasteiger partial charge in [-0.1, -0.05) is 99.6 Å². The Bertz CT molecular complexity index is 540. The SMILES string of the molecule is CC(C)(C)C(CO)CC(C)(C)C(C)(C)CC(c1ccccc1)C(C)(C)C. The molecular weight excluding hydrogens is 316 g/mol. The molecule has 0 heterocycles. The van der Waals surface area contributed by atoms with E-state index < -0.39 is 0 Å². The molecule has 2 atom stereocenters. The van der Waals surface area contributed by atoms with Crippen LogP contribution in [-0.2, 0) is 0 Å². The van der Waals surface area contributed by atoms with Gasteiger partial charge in [0.2, 0.25) is 0 Å². The van der Waals surface area contributed by atoms with E-state index in [1.165, 1.54) is 5.56 Å². The van der Waals surface area contributed by atoms with Crippen LogP contribution < -0.4 is 0 Å². The van der Waals surface area contributed by atoms with E-state index in [0.29, 0.717) is 11.8 Å². The number of hydrogen-bond acceptors (Lipinski definition) is 1. The average Bonchev–Trinajstić information content (AvgIpc) is 2.49. The van der Waals surface area contributed by atoms with Gasteiger partial charge < -0.3 is 5.11 Å². The third-order valence-corrected chi connectivity index (χ3v) is 7.00. The van der Waals surface area contributed by atoms with Crippen LogP contribution in [0, 0.1) is 27.6 Å². The van der Waals surface area contributed by atoms with E-state index in [2.05, 4.69) is 99.6 Å². The lowest BCUT2D eigenvalue weighted by Gasteiger charge is -2.49. The van der Waals surface area contributed by atoms with Crippen molar-refractivity contribution in [2.45, 2.75) is 88.0 Å². The number of benzene rings is 1. The van der Waals surface area contributed by atoms with Crippen LogP contribution in [0.15, 0.2) is 30.3 Å². The highest BCUT2D eigenvalue weighted by Crippen LogP contribution is 2.53. The van der Waals surface area contributed by atoms with Crippen LogP contribution in [0.5, 0.6) is 0 Å². The first kappa shape index (κ1) is 23.2. The molecule has 1 aromatic rings. The molecule has 1 heteroatoms. The van der Waals surface area contributed by atoms with Crippen LogP contribution in [0.1, 0.15) is 93.6 Å². The van der Waals surface area contributed by atoms with E-state index in [0.717, 1.165) is 12.8 Å². The van der Waals surface area contributed by atoms with Crippen LogP contribution in [0.3, 0.4) is 0 Å². The van der Waals surface area contributed by atoms with E-state index in [1.54, 1.807) is 0 Å². The second kappa shape index (κ2) is 8.05. The third kappa shape index (κ3) is 5.84. The minimum atomic E-state index is 0.130. The van der Waals surface area contributed by atoms with Crippen molar-refractivity contribution in [2.24, 2.45) is 27.6 Å². The Hall–Kier alpha value is -0.820. The highest BCUT2D eigenvalue weighted by Gasteiger charge is 2.43. The Balaban J connectivity index is 3.13. The van der Waals surface area contributed by atoms with Crippen molar-refractivity contribution in [1.29, 1.82) is 0 Å². The van der Waals surface area contributed by atoms with Gasteiger partial charge in [-0.2, -0.15) is 0 Å². The highest BCUT2D eigenvalue weighted by atomic mass is 16.3. The summed E-state index contributed by atoms with van der Waals surface area (Å²) >= 11 is 0. The molecule has 0 aromatic heterocycles. The summed E-state index contributed by atoms with van der Waals surface area (Å²) in [6.07, 6.45) is 2.20. The second-order valence-electron chi connectivity index (χ2n) is 11.8. The summed E-state index contributed by atoms with van der Waals surface area (Å²) in [5, 5.41) is 9.98. The zero-order chi connectivity index (χ0) is 20.4. The maximum atomic E-state index is 9.98. The Morgan fingerprint density at radius 1 is 0.692 bits per heavy atom. The molecular formula is C25H44O. The number of hydrogen-bond donors (Lipinski definition) is 1. The summed E-state index contributed by atoms with van der Waals surface area (Å²) < 4.78 is 0. The van der Waals surface area contributed by atoms with Gasteiger partial charge in [-0.05, 0) is 51.9 Å². The number of rotatable bonds is 7. The summed E-state index contributed by atoms with van der Waals surface area (Å²) in [6, 6.07) is 11.0. The predicted octanol–water partition coefficient (Wildman–Crippen LogP) is 7.30. The lowest BCUT2D eigenvalue weighted by atomic mass is 9.56. The summed E-state index contributed by atoms with van der Waals surface area (Å²) in [5.74, 6) is 0.835. The van der Waals surface area contributed by atoms with Gasteiger partial charge in [0.15, 0.2) is 0 Å². The van der Waals surface area contributed by atoms with Gasteiger partial charge in [0.05, 0.1) is 0 Å². The number of aliphatic hydroxyl groups is 1. The molecule has 2 unspecified atom stereocenters. The molecule has 0 radical (unpaired) electrons. The molecule has 1 N–H and O–H groups in total. The molecule has 0 saturated carbocycles. The smallest absolute Gasteiger partial charge is 0.0464 e. The van der Waals surface area contributed by atoms with Crippen LogP contribution >= 0.6 is 0 Å². The first-order valence-corrected chi connectivity index (χ1v) is 10.3. The van der Waals surface area contributed by atoms with Crippen molar-refractivity contribution < 1.29 is 5.11 Å². The van der Waals surface area contributed by atoms with Gasteiger partial charge in [0.25, 0.3) is 0 Å². The molecule has 0 aliphatic carbocycles. The Morgan fingerprint density at radius 3 is 1.54 bits per heavy atom.